The average Bonchev–Trinajstić information content (AvgIpc) is 2.36. The molecular formula is C15H23N3OS. The van der Waals surface area contributed by atoms with Crippen LogP contribution in [0.2, 0.25) is 0 Å². The molecule has 0 saturated heterocycles. The van der Waals surface area contributed by atoms with Gasteiger partial charge in [0.05, 0.1) is 12.2 Å². The number of anilines is 1. The summed E-state index contributed by atoms with van der Waals surface area (Å²) in [5.41, 5.74) is 7.01. The van der Waals surface area contributed by atoms with E-state index in [1.807, 2.05) is 24.1 Å². The smallest absolute Gasteiger partial charge is 0.238 e. The lowest BCUT2D eigenvalue weighted by molar-refractivity contribution is -0.117. The highest BCUT2D eigenvalue weighted by atomic mass is 32.1. The quantitative estimate of drug-likeness (QED) is 0.757. The molecule has 0 atom stereocenters. The largest absolute Gasteiger partial charge is 0.389 e. The van der Waals surface area contributed by atoms with Crippen LogP contribution < -0.4 is 11.1 Å². The number of nitrogens with one attached hydrogen (secondary N) is 1. The summed E-state index contributed by atoms with van der Waals surface area (Å²) in [4.78, 5) is 14.3. The maximum atomic E-state index is 12.0. The summed E-state index contributed by atoms with van der Waals surface area (Å²) in [6, 6.07) is 7.31. The van der Waals surface area contributed by atoms with Crippen LogP contribution in [0, 0.1) is 5.92 Å². The Bertz CT molecular complexity index is 474. The van der Waals surface area contributed by atoms with E-state index in [2.05, 4.69) is 19.2 Å². The lowest BCUT2D eigenvalue weighted by atomic mass is 10.1. The zero-order valence-electron chi connectivity index (χ0n) is 12.3. The van der Waals surface area contributed by atoms with Gasteiger partial charge in [-0.25, -0.2) is 0 Å². The van der Waals surface area contributed by atoms with E-state index in [-0.39, 0.29) is 10.9 Å². The predicted octanol–water partition coefficient (Wildman–Crippen LogP) is 2.24. The molecule has 1 aromatic rings. The van der Waals surface area contributed by atoms with Crippen LogP contribution in [0.3, 0.4) is 0 Å². The van der Waals surface area contributed by atoms with Crippen LogP contribution in [0.15, 0.2) is 24.3 Å². The van der Waals surface area contributed by atoms with Gasteiger partial charge in [0.15, 0.2) is 0 Å². The summed E-state index contributed by atoms with van der Waals surface area (Å²) in [6.07, 6.45) is 1.08. The molecule has 20 heavy (non-hydrogen) atoms. The molecule has 0 aliphatic rings. The number of hydrogen-bond donors (Lipinski definition) is 2. The third kappa shape index (κ3) is 5.67. The lowest BCUT2D eigenvalue weighted by Gasteiger charge is -2.18. The first-order chi connectivity index (χ1) is 9.40. The van der Waals surface area contributed by atoms with Gasteiger partial charge in [-0.05, 0) is 38.1 Å². The van der Waals surface area contributed by atoms with Crippen LogP contribution in [0.25, 0.3) is 0 Å². The number of benzene rings is 1. The number of likely N-dealkylation sites (N-methyl/N-ethyl adjacent to an activating group) is 1. The van der Waals surface area contributed by atoms with Gasteiger partial charge in [0.25, 0.3) is 0 Å². The van der Waals surface area contributed by atoms with Crippen LogP contribution >= 0.6 is 12.2 Å². The normalized spacial score (nSPS) is 10.8. The molecule has 0 aliphatic heterocycles. The molecule has 3 N–H and O–H groups in total. The summed E-state index contributed by atoms with van der Waals surface area (Å²) in [7, 11) is 1.95. The fourth-order valence-electron chi connectivity index (χ4n) is 1.80. The van der Waals surface area contributed by atoms with Crippen LogP contribution in [-0.4, -0.2) is 35.9 Å². The third-order valence-corrected chi connectivity index (χ3v) is 3.19. The molecule has 0 aromatic heterocycles. The number of amides is 1. The Labute approximate surface area is 126 Å². The highest BCUT2D eigenvalue weighted by molar-refractivity contribution is 7.80. The van der Waals surface area contributed by atoms with Crippen LogP contribution in [0.1, 0.15) is 25.8 Å². The van der Waals surface area contributed by atoms with Crippen LogP contribution in [0.5, 0.6) is 0 Å². The van der Waals surface area contributed by atoms with Crippen molar-refractivity contribution < 1.29 is 4.79 Å². The molecule has 0 heterocycles. The van der Waals surface area contributed by atoms with Gasteiger partial charge in [-0.2, -0.15) is 0 Å². The SMILES string of the molecule is CC(C)CCN(C)CC(=O)Nc1ccccc1C(N)=S. The van der Waals surface area contributed by atoms with Crippen molar-refractivity contribution in [3.05, 3.63) is 29.8 Å². The molecule has 0 radical (unpaired) electrons. The Morgan fingerprint density at radius 1 is 1.40 bits per heavy atom. The van der Waals surface area contributed by atoms with Crippen molar-refractivity contribution in [3.63, 3.8) is 0 Å². The van der Waals surface area contributed by atoms with Crippen molar-refractivity contribution in [1.29, 1.82) is 0 Å². The summed E-state index contributed by atoms with van der Waals surface area (Å²) in [5.74, 6) is 0.579. The Kier molecular flexibility index (Phi) is 6.61. The van der Waals surface area contributed by atoms with Gasteiger partial charge < -0.3 is 11.1 Å². The molecule has 1 aromatic carbocycles. The summed E-state index contributed by atoms with van der Waals surface area (Å²) < 4.78 is 0. The Morgan fingerprint density at radius 3 is 2.65 bits per heavy atom. The molecule has 0 spiro atoms. The van der Waals surface area contributed by atoms with Gasteiger partial charge in [0.2, 0.25) is 5.91 Å². The topological polar surface area (TPSA) is 58.4 Å². The van der Waals surface area contributed by atoms with E-state index in [1.54, 1.807) is 12.1 Å². The van der Waals surface area contributed by atoms with E-state index in [9.17, 15) is 4.79 Å². The number of nitrogens with two attached hydrogens (primary N) is 1. The first-order valence-electron chi connectivity index (χ1n) is 6.77. The minimum atomic E-state index is -0.0556. The Hall–Kier alpha value is -1.46. The second-order valence-corrected chi connectivity index (χ2v) is 5.82. The zero-order chi connectivity index (χ0) is 15.1. The van der Waals surface area contributed by atoms with Gasteiger partial charge in [0, 0.05) is 5.56 Å². The molecule has 1 amide bonds. The number of para-hydroxylation sites is 1. The molecule has 0 unspecified atom stereocenters. The number of hydrogen-bond acceptors (Lipinski definition) is 3. The van der Waals surface area contributed by atoms with Crippen LogP contribution in [-0.2, 0) is 4.79 Å². The third-order valence-electron chi connectivity index (χ3n) is 2.97. The van der Waals surface area contributed by atoms with Gasteiger partial charge in [-0.15, -0.1) is 0 Å². The second-order valence-electron chi connectivity index (χ2n) is 5.38. The molecular weight excluding hydrogens is 270 g/mol. The van der Waals surface area contributed by atoms with Gasteiger partial charge in [0.1, 0.15) is 4.99 Å². The Morgan fingerprint density at radius 2 is 2.05 bits per heavy atom. The fourth-order valence-corrected chi connectivity index (χ4v) is 1.98. The number of rotatable bonds is 7. The monoisotopic (exact) mass is 293 g/mol. The van der Waals surface area contributed by atoms with E-state index < -0.39 is 0 Å². The van der Waals surface area contributed by atoms with E-state index in [0.717, 1.165) is 13.0 Å². The summed E-state index contributed by atoms with van der Waals surface area (Å²) >= 11 is 4.98. The van der Waals surface area contributed by atoms with Gasteiger partial charge in [-0.3, -0.25) is 9.69 Å². The first kappa shape index (κ1) is 16.6. The highest BCUT2D eigenvalue weighted by Crippen LogP contribution is 2.14. The molecule has 4 nitrogen and oxygen atoms in total. The van der Waals surface area contributed by atoms with E-state index in [4.69, 9.17) is 18.0 Å². The summed E-state index contributed by atoms with van der Waals surface area (Å²) in [6.45, 7) is 5.61. The van der Waals surface area contributed by atoms with Crippen molar-refractivity contribution in [1.82, 2.24) is 4.90 Å². The minimum Gasteiger partial charge on any atom is -0.389 e. The van der Waals surface area contributed by atoms with Crippen molar-refractivity contribution >= 4 is 28.8 Å². The minimum absolute atomic E-state index is 0.0556. The lowest BCUT2D eigenvalue weighted by Crippen LogP contribution is -2.32. The molecule has 0 saturated carbocycles. The number of nitrogens with zero attached hydrogens (tertiary/aromatic N) is 1. The Balaban J connectivity index is 2.56. The highest BCUT2D eigenvalue weighted by Gasteiger charge is 2.10. The molecule has 110 valence electrons. The predicted molar refractivity (Wildman–Crippen MR) is 87.9 cm³/mol. The van der Waals surface area contributed by atoms with Gasteiger partial charge >= 0.3 is 0 Å². The van der Waals surface area contributed by atoms with E-state index in [1.165, 1.54) is 0 Å². The van der Waals surface area contributed by atoms with Crippen molar-refractivity contribution in [3.8, 4) is 0 Å². The maximum absolute atomic E-state index is 12.0. The molecule has 0 fully saturated rings. The van der Waals surface area contributed by atoms with E-state index in [0.29, 0.717) is 23.7 Å². The first-order valence-corrected chi connectivity index (χ1v) is 7.18. The molecule has 0 bridgehead atoms. The summed E-state index contributed by atoms with van der Waals surface area (Å²) in [5, 5.41) is 2.86. The van der Waals surface area contributed by atoms with Crippen LogP contribution in [0.4, 0.5) is 5.69 Å². The maximum Gasteiger partial charge on any atom is 0.238 e. The standard InChI is InChI=1S/C15H23N3OS/c1-11(2)8-9-18(3)10-14(19)17-13-7-5-4-6-12(13)15(16)20/h4-7,11H,8-10H2,1-3H3,(H2,16,20)(H,17,19). The van der Waals surface area contributed by atoms with Gasteiger partial charge in [-0.1, -0.05) is 38.2 Å². The average molecular weight is 293 g/mol. The zero-order valence-corrected chi connectivity index (χ0v) is 13.2. The number of carbonyl (C=O) groups is 1. The van der Waals surface area contributed by atoms with E-state index >= 15 is 0 Å². The second kappa shape index (κ2) is 7.97. The number of carbonyl (C=O) groups excluding carboxylic acids is 1. The number of thiocarbonyl (C=S) groups is 1. The molecule has 5 heteroatoms. The molecule has 1 rings (SSSR count). The molecule has 0 aliphatic carbocycles. The van der Waals surface area contributed by atoms with Crippen molar-refractivity contribution in [2.24, 2.45) is 11.7 Å². The fraction of sp³-hybridized carbons (Fsp3) is 0.467. The van der Waals surface area contributed by atoms with Crippen molar-refractivity contribution in [2.75, 3.05) is 25.5 Å². The van der Waals surface area contributed by atoms with Crippen molar-refractivity contribution in [2.45, 2.75) is 20.3 Å².